The maximum Gasteiger partial charge on any atom is 0.348 e. The molecule has 1 rings (SSSR count). The van der Waals surface area contributed by atoms with Gasteiger partial charge in [0.25, 0.3) is 0 Å². The van der Waals surface area contributed by atoms with E-state index in [1.165, 1.54) is 7.05 Å². The van der Waals surface area contributed by atoms with Crippen molar-refractivity contribution in [2.24, 2.45) is 5.41 Å². The van der Waals surface area contributed by atoms with Crippen molar-refractivity contribution < 1.29 is 9.72 Å². The SMILES string of the molecule is CNC(=O)C(C)(C)CNc1ncnc(Cl)c1[N+](=O)[O-]. The van der Waals surface area contributed by atoms with Crippen LogP contribution in [0.15, 0.2) is 6.33 Å². The standard InChI is InChI=1S/C10H14ClN5O3/c1-10(2,9(17)12-3)4-13-8-6(16(18)19)7(11)14-5-15-8/h5H,4H2,1-3H3,(H,12,17)(H,13,14,15). The second kappa shape index (κ2) is 5.79. The van der Waals surface area contributed by atoms with E-state index in [4.69, 9.17) is 11.6 Å². The fraction of sp³-hybridized carbons (Fsp3) is 0.500. The van der Waals surface area contributed by atoms with E-state index < -0.39 is 16.0 Å². The molecule has 9 heteroatoms. The first-order valence-corrected chi connectivity index (χ1v) is 5.78. The molecular formula is C10H14ClN5O3. The quantitative estimate of drug-likeness (QED) is 0.479. The van der Waals surface area contributed by atoms with E-state index >= 15 is 0 Å². The normalized spacial score (nSPS) is 10.9. The number of amides is 1. The summed E-state index contributed by atoms with van der Waals surface area (Å²) in [6, 6.07) is 0. The summed E-state index contributed by atoms with van der Waals surface area (Å²) in [6.07, 6.45) is 1.12. The van der Waals surface area contributed by atoms with Crippen LogP contribution < -0.4 is 10.6 Å². The van der Waals surface area contributed by atoms with Crippen LogP contribution in [0.2, 0.25) is 5.15 Å². The van der Waals surface area contributed by atoms with Gasteiger partial charge in [-0.3, -0.25) is 14.9 Å². The molecule has 1 aromatic heterocycles. The number of aromatic nitrogens is 2. The molecule has 0 saturated carbocycles. The van der Waals surface area contributed by atoms with E-state index in [9.17, 15) is 14.9 Å². The average molecular weight is 288 g/mol. The third-order valence-corrected chi connectivity index (χ3v) is 2.78. The first kappa shape index (κ1) is 15.1. The first-order valence-electron chi connectivity index (χ1n) is 5.40. The summed E-state index contributed by atoms with van der Waals surface area (Å²) in [5.74, 6) is -0.204. The van der Waals surface area contributed by atoms with Gasteiger partial charge in [0, 0.05) is 13.6 Å². The Hall–Kier alpha value is -1.96. The summed E-state index contributed by atoms with van der Waals surface area (Å²) >= 11 is 5.65. The molecule has 1 heterocycles. The lowest BCUT2D eigenvalue weighted by atomic mass is 9.92. The largest absolute Gasteiger partial charge is 0.363 e. The number of nitrogens with zero attached hydrogens (tertiary/aromatic N) is 3. The number of rotatable bonds is 5. The molecule has 0 saturated heterocycles. The van der Waals surface area contributed by atoms with Crippen molar-refractivity contribution in [1.29, 1.82) is 0 Å². The van der Waals surface area contributed by atoms with E-state index in [1.54, 1.807) is 13.8 Å². The molecule has 19 heavy (non-hydrogen) atoms. The summed E-state index contributed by atoms with van der Waals surface area (Å²) in [5, 5.41) is 15.9. The third-order valence-electron chi connectivity index (χ3n) is 2.50. The van der Waals surface area contributed by atoms with Crippen LogP contribution in [0.5, 0.6) is 0 Å². The summed E-state index contributed by atoms with van der Waals surface area (Å²) < 4.78 is 0. The zero-order valence-electron chi connectivity index (χ0n) is 10.7. The molecule has 104 valence electrons. The number of nitro groups is 1. The zero-order valence-corrected chi connectivity index (χ0v) is 11.5. The van der Waals surface area contributed by atoms with Crippen molar-refractivity contribution in [3.05, 3.63) is 21.6 Å². The number of anilines is 1. The van der Waals surface area contributed by atoms with Gasteiger partial charge in [0.05, 0.1) is 10.3 Å². The second-order valence-corrected chi connectivity index (χ2v) is 4.79. The van der Waals surface area contributed by atoms with Crippen LogP contribution in [0, 0.1) is 15.5 Å². The second-order valence-electron chi connectivity index (χ2n) is 4.44. The highest BCUT2D eigenvalue weighted by atomic mass is 35.5. The Morgan fingerprint density at radius 1 is 1.53 bits per heavy atom. The van der Waals surface area contributed by atoms with E-state index in [2.05, 4.69) is 20.6 Å². The van der Waals surface area contributed by atoms with Crippen LogP contribution in [-0.4, -0.2) is 34.4 Å². The van der Waals surface area contributed by atoms with Gasteiger partial charge in [-0.15, -0.1) is 0 Å². The van der Waals surface area contributed by atoms with Crippen molar-refractivity contribution in [2.75, 3.05) is 18.9 Å². The minimum atomic E-state index is -0.750. The fourth-order valence-electron chi connectivity index (χ4n) is 1.37. The number of carbonyl (C=O) groups excluding carboxylic acids is 1. The molecule has 0 fully saturated rings. The highest BCUT2D eigenvalue weighted by molar-refractivity contribution is 6.31. The molecule has 0 radical (unpaired) electrons. The van der Waals surface area contributed by atoms with Crippen LogP contribution in [0.4, 0.5) is 11.5 Å². The van der Waals surface area contributed by atoms with Crippen molar-refractivity contribution in [1.82, 2.24) is 15.3 Å². The molecule has 0 atom stereocenters. The molecule has 1 aromatic rings. The molecule has 0 aromatic carbocycles. The van der Waals surface area contributed by atoms with Gasteiger partial charge < -0.3 is 10.6 Å². The Morgan fingerprint density at radius 3 is 2.68 bits per heavy atom. The molecule has 0 aliphatic carbocycles. The van der Waals surface area contributed by atoms with Gasteiger partial charge in [-0.1, -0.05) is 11.6 Å². The fourth-order valence-corrected chi connectivity index (χ4v) is 1.57. The van der Waals surface area contributed by atoms with Crippen LogP contribution in [0.3, 0.4) is 0 Å². The summed E-state index contributed by atoms with van der Waals surface area (Å²) in [7, 11) is 1.52. The molecular weight excluding hydrogens is 274 g/mol. The van der Waals surface area contributed by atoms with Gasteiger partial charge in [0.1, 0.15) is 6.33 Å². The molecule has 0 aliphatic rings. The van der Waals surface area contributed by atoms with E-state index in [0.717, 1.165) is 6.33 Å². The van der Waals surface area contributed by atoms with E-state index in [0.29, 0.717) is 0 Å². The lowest BCUT2D eigenvalue weighted by Crippen LogP contribution is -2.39. The number of hydrogen-bond acceptors (Lipinski definition) is 6. The van der Waals surface area contributed by atoms with Gasteiger partial charge in [-0.05, 0) is 13.8 Å². The van der Waals surface area contributed by atoms with Gasteiger partial charge in [-0.2, -0.15) is 0 Å². The predicted octanol–water partition coefficient (Wildman–Crippen LogP) is 1.22. The molecule has 0 bridgehead atoms. The summed E-state index contributed by atoms with van der Waals surface area (Å²) in [5.41, 5.74) is -1.16. The van der Waals surface area contributed by atoms with Crippen LogP contribution >= 0.6 is 11.6 Å². The smallest absolute Gasteiger partial charge is 0.348 e. The van der Waals surface area contributed by atoms with Gasteiger partial charge in [-0.25, -0.2) is 9.97 Å². The Balaban J connectivity index is 2.93. The molecule has 8 nitrogen and oxygen atoms in total. The maximum absolute atomic E-state index is 11.6. The number of halogens is 1. The minimum absolute atomic E-state index is 0.0121. The minimum Gasteiger partial charge on any atom is -0.363 e. The third kappa shape index (κ3) is 3.50. The summed E-state index contributed by atoms with van der Waals surface area (Å²) in [6.45, 7) is 3.57. The number of nitrogens with one attached hydrogen (secondary N) is 2. The molecule has 0 unspecified atom stereocenters. The molecule has 1 amide bonds. The highest BCUT2D eigenvalue weighted by Crippen LogP contribution is 2.29. The van der Waals surface area contributed by atoms with Crippen LogP contribution in [0.25, 0.3) is 0 Å². The predicted molar refractivity (Wildman–Crippen MR) is 70.0 cm³/mol. The number of hydrogen-bond donors (Lipinski definition) is 2. The van der Waals surface area contributed by atoms with Crippen molar-refractivity contribution >= 4 is 29.0 Å². The van der Waals surface area contributed by atoms with Gasteiger partial charge in [0.15, 0.2) is 0 Å². The van der Waals surface area contributed by atoms with Gasteiger partial charge >= 0.3 is 5.69 Å². The van der Waals surface area contributed by atoms with Crippen molar-refractivity contribution in [2.45, 2.75) is 13.8 Å². The average Bonchev–Trinajstić information content (AvgIpc) is 2.34. The Kier molecular flexibility index (Phi) is 4.60. The Morgan fingerprint density at radius 2 is 2.16 bits per heavy atom. The van der Waals surface area contributed by atoms with E-state index in [1.807, 2.05) is 0 Å². The van der Waals surface area contributed by atoms with Crippen LogP contribution in [-0.2, 0) is 4.79 Å². The number of carbonyl (C=O) groups is 1. The van der Waals surface area contributed by atoms with Crippen molar-refractivity contribution in [3.8, 4) is 0 Å². The monoisotopic (exact) mass is 287 g/mol. The molecule has 2 N–H and O–H groups in total. The molecule has 0 spiro atoms. The first-order chi connectivity index (χ1) is 8.79. The zero-order chi connectivity index (χ0) is 14.6. The lowest BCUT2D eigenvalue weighted by molar-refractivity contribution is -0.384. The van der Waals surface area contributed by atoms with Gasteiger partial charge in [0.2, 0.25) is 16.9 Å². The topological polar surface area (TPSA) is 110 Å². The van der Waals surface area contributed by atoms with Crippen molar-refractivity contribution in [3.63, 3.8) is 0 Å². The highest BCUT2D eigenvalue weighted by Gasteiger charge is 2.29. The summed E-state index contributed by atoms with van der Waals surface area (Å²) in [4.78, 5) is 29.1. The van der Waals surface area contributed by atoms with E-state index in [-0.39, 0.29) is 23.4 Å². The van der Waals surface area contributed by atoms with Crippen LogP contribution in [0.1, 0.15) is 13.8 Å². The Bertz CT molecular complexity index is 506. The Labute approximate surface area is 114 Å². The maximum atomic E-state index is 11.6. The molecule has 0 aliphatic heterocycles. The lowest BCUT2D eigenvalue weighted by Gasteiger charge is -2.22.